The lowest BCUT2D eigenvalue weighted by molar-refractivity contribution is -0.0380. The van der Waals surface area contributed by atoms with E-state index in [4.69, 9.17) is 9.47 Å². The lowest BCUT2D eigenvalue weighted by Gasteiger charge is -2.27. The van der Waals surface area contributed by atoms with E-state index in [0.717, 1.165) is 26.1 Å². The highest BCUT2D eigenvalue weighted by molar-refractivity contribution is 4.83. The summed E-state index contributed by atoms with van der Waals surface area (Å²) in [4.78, 5) is 0. The Hall–Kier alpha value is -0.0800. The van der Waals surface area contributed by atoms with Crippen molar-refractivity contribution >= 4 is 0 Å². The van der Waals surface area contributed by atoms with E-state index < -0.39 is 0 Å². The van der Waals surface area contributed by atoms with E-state index >= 15 is 0 Å². The van der Waals surface area contributed by atoms with Crippen LogP contribution < -0.4 is 0 Å². The molecule has 0 aromatic heterocycles. The van der Waals surface area contributed by atoms with E-state index in [1.165, 1.54) is 0 Å². The van der Waals surface area contributed by atoms with E-state index in [0.29, 0.717) is 6.10 Å². The normalized spacial score (nSPS) is 28.1. The number of ether oxygens (including phenoxy) is 2. The van der Waals surface area contributed by atoms with Gasteiger partial charge in [0.25, 0.3) is 0 Å². The van der Waals surface area contributed by atoms with Crippen LogP contribution in [0.15, 0.2) is 0 Å². The molecule has 0 N–H and O–H groups in total. The summed E-state index contributed by atoms with van der Waals surface area (Å²) < 4.78 is 10.8. The van der Waals surface area contributed by atoms with Crippen molar-refractivity contribution < 1.29 is 9.47 Å². The van der Waals surface area contributed by atoms with Crippen LogP contribution in [0.5, 0.6) is 0 Å². The van der Waals surface area contributed by atoms with Crippen molar-refractivity contribution in [2.45, 2.75) is 45.3 Å². The zero-order chi connectivity index (χ0) is 8.32. The average molecular weight is 158 g/mol. The molecule has 11 heavy (non-hydrogen) atoms. The molecule has 2 nitrogen and oxygen atoms in total. The minimum absolute atomic E-state index is 0.0515. The van der Waals surface area contributed by atoms with Crippen molar-refractivity contribution in [1.29, 1.82) is 0 Å². The van der Waals surface area contributed by atoms with Gasteiger partial charge in [-0.25, -0.2) is 0 Å². The summed E-state index contributed by atoms with van der Waals surface area (Å²) in [6.45, 7) is 8.11. The zero-order valence-electron chi connectivity index (χ0n) is 7.72. The largest absolute Gasteiger partial charge is 0.375 e. The molecule has 66 valence electrons. The molecule has 1 aliphatic rings. The van der Waals surface area contributed by atoms with Crippen LogP contribution in [0.3, 0.4) is 0 Å². The Bertz CT molecular complexity index is 121. The van der Waals surface area contributed by atoms with Crippen LogP contribution >= 0.6 is 0 Å². The Morgan fingerprint density at radius 3 is 2.55 bits per heavy atom. The van der Waals surface area contributed by atoms with Crippen molar-refractivity contribution in [3.8, 4) is 0 Å². The first-order valence-corrected chi connectivity index (χ1v) is 4.45. The summed E-state index contributed by atoms with van der Waals surface area (Å²) in [6, 6.07) is 0. The van der Waals surface area contributed by atoms with E-state index in [9.17, 15) is 0 Å². The molecule has 1 heterocycles. The van der Waals surface area contributed by atoms with E-state index in [1.54, 1.807) is 0 Å². The molecule has 1 fully saturated rings. The molecular formula is C9H18O2. The van der Waals surface area contributed by atoms with Gasteiger partial charge in [-0.3, -0.25) is 0 Å². The predicted molar refractivity (Wildman–Crippen MR) is 44.7 cm³/mol. The molecular weight excluding hydrogens is 140 g/mol. The Morgan fingerprint density at radius 2 is 2.18 bits per heavy atom. The van der Waals surface area contributed by atoms with Crippen LogP contribution in [0.1, 0.15) is 33.6 Å². The molecule has 2 heteroatoms. The van der Waals surface area contributed by atoms with Gasteiger partial charge < -0.3 is 9.47 Å². The Balaban J connectivity index is 2.29. The van der Waals surface area contributed by atoms with Crippen molar-refractivity contribution in [2.75, 3.05) is 13.2 Å². The summed E-state index contributed by atoms with van der Waals surface area (Å²) in [7, 11) is 0. The minimum Gasteiger partial charge on any atom is -0.375 e. The molecule has 0 aromatic rings. The second-order valence-electron chi connectivity index (χ2n) is 3.40. The molecule has 0 aromatic carbocycles. The molecule has 0 amide bonds. The van der Waals surface area contributed by atoms with E-state index in [-0.39, 0.29) is 5.60 Å². The Kier molecular flexibility index (Phi) is 2.90. The van der Waals surface area contributed by atoms with Crippen molar-refractivity contribution in [3.05, 3.63) is 0 Å². The van der Waals surface area contributed by atoms with Crippen molar-refractivity contribution in [3.63, 3.8) is 0 Å². The van der Waals surface area contributed by atoms with Crippen LogP contribution in [0.2, 0.25) is 0 Å². The minimum atomic E-state index is 0.0515. The maximum Gasteiger partial charge on any atom is 0.0837 e. The number of epoxide rings is 1. The second kappa shape index (κ2) is 3.55. The average Bonchev–Trinajstić information content (AvgIpc) is 2.73. The van der Waals surface area contributed by atoms with Crippen LogP contribution in [-0.2, 0) is 9.47 Å². The van der Waals surface area contributed by atoms with Gasteiger partial charge in [0.05, 0.1) is 18.3 Å². The zero-order valence-corrected chi connectivity index (χ0v) is 7.72. The number of hydrogen-bond donors (Lipinski definition) is 0. The van der Waals surface area contributed by atoms with Crippen molar-refractivity contribution in [1.82, 2.24) is 0 Å². The standard InChI is InChI=1S/C9H18O2/c1-4-9(3,11-5-2)6-8-7-10-8/h8H,4-7H2,1-3H3. The van der Waals surface area contributed by atoms with Gasteiger partial charge in [-0.2, -0.15) is 0 Å². The van der Waals surface area contributed by atoms with Gasteiger partial charge in [0.1, 0.15) is 0 Å². The molecule has 1 rings (SSSR count). The molecule has 0 saturated carbocycles. The second-order valence-corrected chi connectivity index (χ2v) is 3.40. The van der Waals surface area contributed by atoms with Crippen molar-refractivity contribution in [2.24, 2.45) is 0 Å². The Labute approximate surface area is 68.9 Å². The summed E-state index contributed by atoms with van der Waals surface area (Å²) in [5.74, 6) is 0. The molecule has 0 spiro atoms. The quantitative estimate of drug-likeness (QED) is 0.571. The third-order valence-corrected chi connectivity index (χ3v) is 2.30. The van der Waals surface area contributed by atoms with Crippen LogP contribution in [0.4, 0.5) is 0 Å². The van der Waals surface area contributed by atoms with E-state index in [1.807, 2.05) is 6.92 Å². The predicted octanol–water partition coefficient (Wildman–Crippen LogP) is 1.98. The smallest absolute Gasteiger partial charge is 0.0837 e. The van der Waals surface area contributed by atoms with Gasteiger partial charge in [0.2, 0.25) is 0 Å². The summed E-state index contributed by atoms with van der Waals surface area (Å²) in [5, 5.41) is 0. The monoisotopic (exact) mass is 158 g/mol. The summed E-state index contributed by atoms with van der Waals surface area (Å²) in [5.41, 5.74) is 0.0515. The molecule has 1 aliphatic heterocycles. The highest BCUT2D eigenvalue weighted by Gasteiger charge is 2.33. The first kappa shape index (κ1) is 9.01. The third-order valence-electron chi connectivity index (χ3n) is 2.30. The van der Waals surface area contributed by atoms with Crippen LogP contribution in [0.25, 0.3) is 0 Å². The van der Waals surface area contributed by atoms with Gasteiger partial charge in [-0.1, -0.05) is 6.92 Å². The molecule has 0 bridgehead atoms. The first-order chi connectivity index (χ1) is 5.20. The first-order valence-electron chi connectivity index (χ1n) is 4.45. The SMILES string of the molecule is CCOC(C)(CC)CC1CO1. The molecule has 0 radical (unpaired) electrons. The fraction of sp³-hybridized carbons (Fsp3) is 1.00. The van der Waals surface area contributed by atoms with Crippen LogP contribution in [0, 0.1) is 0 Å². The Morgan fingerprint density at radius 1 is 1.55 bits per heavy atom. The number of rotatable bonds is 5. The number of hydrogen-bond acceptors (Lipinski definition) is 2. The lowest BCUT2D eigenvalue weighted by atomic mass is 9.97. The third kappa shape index (κ3) is 2.80. The maximum absolute atomic E-state index is 5.65. The van der Waals surface area contributed by atoms with Gasteiger partial charge in [0, 0.05) is 13.0 Å². The van der Waals surface area contributed by atoms with E-state index in [2.05, 4.69) is 13.8 Å². The van der Waals surface area contributed by atoms with Gasteiger partial charge in [-0.15, -0.1) is 0 Å². The molecule has 1 saturated heterocycles. The van der Waals surface area contributed by atoms with Crippen LogP contribution in [-0.4, -0.2) is 24.9 Å². The van der Waals surface area contributed by atoms with Gasteiger partial charge in [-0.05, 0) is 20.3 Å². The molecule has 2 unspecified atom stereocenters. The summed E-state index contributed by atoms with van der Waals surface area (Å²) >= 11 is 0. The molecule has 2 atom stereocenters. The molecule has 0 aliphatic carbocycles. The fourth-order valence-electron chi connectivity index (χ4n) is 1.32. The highest BCUT2D eigenvalue weighted by atomic mass is 16.6. The topological polar surface area (TPSA) is 21.8 Å². The van der Waals surface area contributed by atoms with Gasteiger partial charge in [0.15, 0.2) is 0 Å². The lowest BCUT2D eigenvalue weighted by Crippen LogP contribution is -2.29. The highest BCUT2D eigenvalue weighted by Crippen LogP contribution is 2.27. The fourth-order valence-corrected chi connectivity index (χ4v) is 1.32. The van der Waals surface area contributed by atoms with Gasteiger partial charge >= 0.3 is 0 Å². The summed E-state index contributed by atoms with van der Waals surface area (Å²) in [6.07, 6.45) is 2.60. The maximum atomic E-state index is 5.65.